The molecule has 88 valence electrons. The van der Waals surface area contributed by atoms with Crippen LogP contribution in [-0.2, 0) is 0 Å². The summed E-state index contributed by atoms with van der Waals surface area (Å²) in [6.45, 7) is 0.193. The first-order valence-corrected chi connectivity index (χ1v) is 4.80. The molecule has 1 aromatic carbocycles. The van der Waals surface area contributed by atoms with Gasteiger partial charge in [-0.3, -0.25) is 4.79 Å². The molecule has 0 heterocycles. The second-order valence-electron chi connectivity index (χ2n) is 3.09. The van der Waals surface area contributed by atoms with Gasteiger partial charge in [0.1, 0.15) is 6.54 Å². The van der Waals surface area contributed by atoms with Gasteiger partial charge < -0.3 is 19.9 Å². The van der Waals surface area contributed by atoms with E-state index in [1.807, 2.05) is 0 Å². The number of rotatable bonds is 5. The molecule has 0 aliphatic carbocycles. The Kier molecular flexibility index (Phi) is 4.13. The summed E-state index contributed by atoms with van der Waals surface area (Å²) >= 11 is 0. The van der Waals surface area contributed by atoms with Crippen molar-refractivity contribution in [3.8, 4) is 17.2 Å². The highest BCUT2D eigenvalue weighted by molar-refractivity contribution is 5.98. The summed E-state index contributed by atoms with van der Waals surface area (Å²) in [5.74, 6) is 1.35. The number of carbonyl (C=O) groups excluding carboxylic acids is 1. The highest BCUT2D eigenvalue weighted by Gasteiger charge is 2.16. The minimum absolute atomic E-state index is 0.0701. The van der Waals surface area contributed by atoms with Crippen LogP contribution in [0.25, 0.3) is 0 Å². The van der Waals surface area contributed by atoms with Crippen molar-refractivity contribution in [1.82, 2.24) is 0 Å². The van der Waals surface area contributed by atoms with E-state index in [0.717, 1.165) is 0 Å². The molecule has 0 atom stereocenters. The van der Waals surface area contributed by atoms with Gasteiger partial charge in [-0.05, 0) is 12.1 Å². The van der Waals surface area contributed by atoms with Gasteiger partial charge in [-0.25, -0.2) is 0 Å². The normalized spacial score (nSPS) is 9.75. The lowest BCUT2D eigenvalue weighted by Gasteiger charge is -2.13. The molecule has 0 unspecified atom stereocenters. The fraction of sp³-hybridized carbons (Fsp3) is 0.364. The Hall–Kier alpha value is -1.75. The summed E-state index contributed by atoms with van der Waals surface area (Å²) in [7, 11) is 4.54. The number of hydrogen-bond acceptors (Lipinski definition) is 4. The van der Waals surface area contributed by atoms with Crippen LogP contribution in [0.5, 0.6) is 17.2 Å². The Morgan fingerprint density at radius 1 is 1.12 bits per heavy atom. The second-order valence-corrected chi connectivity index (χ2v) is 3.09. The van der Waals surface area contributed by atoms with Crippen molar-refractivity contribution in [1.29, 1.82) is 0 Å². The Bertz CT molecular complexity index is 365. The lowest BCUT2D eigenvalue weighted by atomic mass is 10.1. The molecule has 0 aliphatic heterocycles. The van der Waals surface area contributed by atoms with Crippen LogP contribution in [0, 0.1) is 0 Å². The van der Waals surface area contributed by atoms with Crippen LogP contribution in [-0.4, -0.2) is 33.7 Å². The van der Waals surface area contributed by atoms with Crippen LogP contribution in [0.15, 0.2) is 12.1 Å². The Morgan fingerprint density at radius 3 is 1.94 bits per heavy atom. The average Bonchev–Trinajstić information content (AvgIpc) is 2.35. The van der Waals surface area contributed by atoms with Gasteiger partial charge in [0.2, 0.25) is 11.5 Å². The fourth-order valence-corrected chi connectivity index (χ4v) is 1.39. The van der Waals surface area contributed by atoms with Gasteiger partial charge in [-0.1, -0.05) is 0 Å². The molecule has 5 heteroatoms. The van der Waals surface area contributed by atoms with Crippen molar-refractivity contribution in [3.63, 3.8) is 0 Å². The van der Waals surface area contributed by atoms with E-state index in [1.54, 1.807) is 12.1 Å². The number of carbonyl (C=O) groups is 1. The third-order valence-corrected chi connectivity index (χ3v) is 2.21. The number of methoxy groups -OCH3 is 3. The molecule has 3 N–H and O–H groups in total. The molecule has 0 aromatic heterocycles. The molecule has 0 spiro atoms. The maximum atomic E-state index is 11.5. The van der Waals surface area contributed by atoms with E-state index in [9.17, 15) is 4.79 Å². The highest BCUT2D eigenvalue weighted by Crippen LogP contribution is 2.38. The van der Waals surface area contributed by atoms with E-state index in [4.69, 9.17) is 14.2 Å². The molecule has 0 radical (unpaired) electrons. The van der Waals surface area contributed by atoms with Crippen LogP contribution < -0.4 is 19.9 Å². The molecular weight excluding hydrogens is 210 g/mol. The lowest BCUT2D eigenvalue weighted by molar-refractivity contribution is -0.349. The van der Waals surface area contributed by atoms with Gasteiger partial charge in [0.25, 0.3) is 0 Å². The van der Waals surface area contributed by atoms with E-state index in [1.165, 1.54) is 21.3 Å². The lowest BCUT2D eigenvalue weighted by Crippen LogP contribution is -2.54. The first-order chi connectivity index (χ1) is 7.67. The Labute approximate surface area is 94.1 Å². The quantitative estimate of drug-likeness (QED) is 0.725. The molecule has 5 nitrogen and oxygen atoms in total. The van der Waals surface area contributed by atoms with Crippen molar-refractivity contribution in [2.75, 3.05) is 27.9 Å². The average molecular weight is 226 g/mol. The molecule has 0 fully saturated rings. The van der Waals surface area contributed by atoms with Crippen molar-refractivity contribution < 1.29 is 24.7 Å². The molecule has 1 aromatic rings. The standard InChI is InChI=1S/C11H15NO4/c1-14-9-4-7(8(13)6-12)5-10(15-2)11(9)16-3/h4-5H,6,12H2,1-3H3/p+1. The van der Waals surface area contributed by atoms with E-state index in [-0.39, 0.29) is 12.3 Å². The Morgan fingerprint density at radius 2 is 1.62 bits per heavy atom. The minimum atomic E-state index is -0.0701. The van der Waals surface area contributed by atoms with Crippen molar-refractivity contribution in [2.45, 2.75) is 0 Å². The molecule has 1 rings (SSSR count). The molecule has 0 saturated heterocycles. The second kappa shape index (κ2) is 5.37. The number of ketones is 1. The van der Waals surface area contributed by atoms with Crippen LogP contribution in [0.1, 0.15) is 10.4 Å². The zero-order valence-electron chi connectivity index (χ0n) is 9.70. The largest absolute Gasteiger partial charge is 0.493 e. The number of Topliss-reactive ketones (excluding diaryl/α,β-unsaturated/α-hetero) is 1. The van der Waals surface area contributed by atoms with Crippen LogP contribution in [0.2, 0.25) is 0 Å². The SMILES string of the molecule is COc1cc(C(=O)C[NH3+])cc(OC)c1OC. The molecule has 0 bridgehead atoms. The monoisotopic (exact) mass is 226 g/mol. The summed E-state index contributed by atoms with van der Waals surface area (Å²) in [5, 5.41) is 0. The highest BCUT2D eigenvalue weighted by atomic mass is 16.5. The molecule has 0 aliphatic rings. The third kappa shape index (κ3) is 2.25. The summed E-state index contributed by atoms with van der Waals surface area (Å²) in [5.41, 5.74) is 4.06. The van der Waals surface area contributed by atoms with Crippen LogP contribution >= 0.6 is 0 Å². The number of benzene rings is 1. The Balaban J connectivity index is 3.31. The van der Waals surface area contributed by atoms with Gasteiger partial charge in [-0.2, -0.15) is 0 Å². The smallest absolute Gasteiger partial charge is 0.216 e. The minimum Gasteiger partial charge on any atom is -0.493 e. The summed E-state index contributed by atoms with van der Waals surface area (Å²) in [6, 6.07) is 3.24. The van der Waals surface area contributed by atoms with E-state index >= 15 is 0 Å². The summed E-state index contributed by atoms with van der Waals surface area (Å²) < 4.78 is 15.4. The molecule has 0 amide bonds. The summed E-state index contributed by atoms with van der Waals surface area (Å²) in [6.07, 6.45) is 0. The third-order valence-electron chi connectivity index (χ3n) is 2.21. The van der Waals surface area contributed by atoms with E-state index in [2.05, 4.69) is 5.73 Å². The maximum absolute atomic E-state index is 11.5. The van der Waals surface area contributed by atoms with E-state index < -0.39 is 0 Å². The van der Waals surface area contributed by atoms with Gasteiger partial charge in [0.05, 0.1) is 21.3 Å². The van der Waals surface area contributed by atoms with Crippen LogP contribution in [0.4, 0.5) is 0 Å². The predicted molar refractivity (Wildman–Crippen MR) is 58.2 cm³/mol. The van der Waals surface area contributed by atoms with Gasteiger partial charge in [-0.15, -0.1) is 0 Å². The van der Waals surface area contributed by atoms with Crippen LogP contribution in [0.3, 0.4) is 0 Å². The van der Waals surface area contributed by atoms with Crippen molar-refractivity contribution in [3.05, 3.63) is 17.7 Å². The fourth-order valence-electron chi connectivity index (χ4n) is 1.39. The maximum Gasteiger partial charge on any atom is 0.216 e. The zero-order valence-corrected chi connectivity index (χ0v) is 9.70. The predicted octanol–water partition coefficient (Wildman–Crippen LogP) is 0.137. The van der Waals surface area contributed by atoms with Crippen molar-refractivity contribution >= 4 is 5.78 Å². The number of hydrogen-bond donors (Lipinski definition) is 1. The molecular formula is C11H16NO4+. The van der Waals surface area contributed by atoms with Gasteiger partial charge in [0.15, 0.2) is 11.5 Å². The van der Waals surface area contributed by atoms with Crippen molar-refractivity contribution in [2.24, 2.45) is 0 Å². The van der Waals surface area contributed by atoms with E-state index in [0.29, 0.717) is 22.8 Å². The van der Waals surface area contributed by atoms with Gasteiger partial charge >= 0.3 is 0 Å². The first kappa shape index (κ1) is 12.3. The number of quaternary nitrogens is 1. The van der Waals surface area contributed by atoms with Gasteiger partial charge in [0, 0.05) is 5.56 Å². The molecule has 16 heavy (non-hydrogen) atoms. The zero-order chi connectivity index (χ0) is 12.1. The first-order valence-electron chi connectivity index (χ1n) is 4.80. The summed E-state index contributed by atoms with van der Waals surface area (Å²) in [4.78, 5) is 11.5. The number of ether oxygens (including phenoxy) is 3. The topological polar surface area (TPSA) is 72.4 Å². The molecule has 0 saturated carbocycles.